The topological polar surface area (TPSA) is 34.1 Å². The van der Waals surface area contributed by atoms with E-state index >= 15 is 0 Å². The Balaban J connectivity index is 3.36. The Hall–Kier alpha value is -0.250. The van der Waals surface area contributed by atoms with Gasteiger partial charge in [0, 0.05) is 11.3 Å². The summed E-state index contributed by atoms with van der Waals surface area (Å²) in [5, 5.41) is -0.172. The van der Waals surface area contributed by atoms with Crippen molar-refractivity contribution >= 4 is 33.0 Å². The largest absolute Gasteiger partial charge is 0.229 e. The molecule has 1 aromatic carbocycles. The van der Waals surface area contributed by atoms with Crippen molar-refractivity contribution in [3.8, 4) is 0 Å². The lowest BCUT2D eigenvalue weighted by atomic mass is 9.97. The van der Waals surface area contributed by atoms with Crippen molar-refractivity contribution in [1.82, 2.24) is 0 Å². The molecule has 5 heteroatoms. The minimum atomic E-state index is -3.28. The van der Waals surface area contributed by atoms with Crippen LogP contribution in [0, 0.1) is 13.8 Å². The standard InChI is InChI=1S/C13H18Cl2O2S/c1-8-6-10(11(14)7-9(8)2)12(15)13(3,4)18(5,16)17/h6-7,12H,1-5H3. The van der Waals surface area contributed by atoms with Crippen molar-refractivity contribution < 1.29 is 8.42 Å². The van der Waals surface area contributed by atoms with Gasteiger partial charge in [-0.05, 0) is 50.5 Å². The molecule has 0 saturated carbocycles. The van der Waals surface area contributed by atoms with Crippen molar-refractivity contribution in [2.75, 3.05) is 6.26 Å². The highest BCUT2D eigenvalue weighted by Crippen LogP contribution is 2.41. The maximum Gasteiger partial charge on any atom is 0.154 e. The predicted molar refractivity (Wildman–Crippen MR) is 78.4 cm³/mol. The number of halogens is 2. The average molecular weight is 309 g/mol. The molecule has 1 atom stereocenters. The number of benzene rings is 1. The molecule has 0 aromatic heterocycles. The zero-order valence-corrected chi connectivity index (χ0v) is 13.5. The summed E-state index contributed by atoms with van der Waals surface area (Å²) in [5.41, 5.74) is 2.77. The third-order valence-electron chi connectivity index (χ3n) is 3.45. The fourth-order valence-electron chi connectivity index (χ4n) is 1.56. The molecule has 0 amide bonds. The van der Waals surface area contributed by atoms with Crippen LogP contribution in [0.15, 0.2) is 12.1 Å². The van der Waals surface area contributed by atoms with Crippen LogP contribution >= 0.6 is 23.2 Å². The van der Waals surface area contributed by atoms with Gasteiger partial charge in [0.25, 0.3) is 0 Å². The van der Waals surface area contributed by atoms with Crippen molar-refractivity contribution in [2.45, 2.75) is 37.8 Å². The van der Waals surface area contributed by atoms with E-state index in [4.69, 9.17) is 23.2 Å². The SMILES string of the molecule is Cc1cc(Cl)c(C(Cl)C(C)(C)S(C)(=O)=O)cc1C. The van der Waals surface area contributed by atoms with Gasteiger partial charge in [0.15, 0.2) is 9.84 Å². The van der Waals surface area contributed by atoms with Gasteiger partial charge in [-0.15, -0.1) is 11.6 Å². The summed E-state index contributed by atoms with van der Waals surface area (Å²) >= 11 is 12.5. The molecular formula is C13H18Cl2O2S. The molecule has 1 unspecified atom stereocenters. The first kappa shape index (κ1) is 15.8. The molecule has 0 heterocycles. The molecule has 0 aliphatic rings. The Labute approximate surface area is 119 Å². The molecule has 0 fully saturated rings. The molecule has 0 spiro atoms. The molecule has 1 rings (SSSR count). The zero-order chi connectivity index (χ0) is 14.3. The second-order valence-corrected chi connectivity index (χ2v) is 8.64. The zero-order valence-electron chi connectivity index (χ0n) is 11.2. The van der Waals surface area contributed by atoms with Crippen LogP contribution in [-0.2, 0) is 9.84 Å². The summed E-state index contributed by atoms with van der Waals surface area (Å²) in [7, 11) is -3.28. The van der Waals surface area contributed by atoms with E-state index in [-0.39, 0.29) is 0 Å². The van der Waals surface area contributed by atoms with Crippen molar-refractivity contribution in [3.05, 3.63) is 33.8 Å². The van der Waals surface area contributed by atoms with Crippen molar-refractivity contribution in [1.29, 1.82) is 0 Å². The summed E-state index contributed by atoms with van der Waals surface area (Å²) in [6, 6.07) is 3.68. The molecule has 2 nitrogen and oxygen atoms in total. The lowest BCUT2D eigenvalue weighted by molar-refractivity contribution is 0.544. The molecule has 1 aromatic rings. The molecule has 18 heavy (non-hydrogen) atoms. The fraction of sp³-hybridized carbons (Fsp3) is 0.538. The van der Waals surface area contributed by atoms with Gasteiger partial charge in [-0.2, -0.15) is 0 Å². The Bertz CT molecular complexity index is 563. The van der Waals surface area contributed by atoms with E-state index in [1.165, 1.54) is 6.26 Å². The molecule has 102 valence electrons. The fourth-order valence-corrected chi connectivity index (χ4v) is 3.11. The molecule has 0 radical (unpaired) electrons. The van der Waals surface area contributed by atoms with E-state index in [1.54, 1.807) is 13.8 Å². The maximum absolute atomic E-state index is 11.8. The molecule has 0 aliphatic carbocycles. The highest BCUT2D eigenvalue weighted by Gasteiger charge is 2.39. The summed E-state index contributed by atoms with van der Waals surface area (Å²) in [6.45, 7) is 7.14. The lowest BCUT2D eigenvalue weighted by Gasteiger charge is -2.29. The normalized spacial score (nSPS) is 14.6. The first-order chi connectivity index (χ1) is 7.98. The van der Waals surface area contributed by atoms with E-state index in [0.29, 0.717) is 10.6 Å². The second-order valence-electron chi connectivity index (χ2n) is 5.20. The number of hydrogen-bond donors (Lipinski definition) is 0. The Morgan fingerprint density at radius 1 is 1.17 bits per heavy atom. The summed E-state index contributed by atoms with van der Waals surface area (Å²) in [4.78, 5) is 0. The smallest absolute Gasteiger partial charge is 0.154 e. The van der Waals surface area contributed by atoms with Crippen LogP contribution < -0.4 is 0 Å². The van der Waals surface area contributed by atoms with Crippen LogP contribution in [0.5, 0.6) is 0 Å². The molecule has 0 bridgehead atoms. The lowest BCUT2D eigenvalue weighted by Crippen LogP contribution is -2.35. The van der Waals surface area contributed by atoms with E-state index in [9.17, 15) is 8.42 Å². The van der Waals surface area contributed by atoms with Gasteiger partial charge >= 0.3 is 0 Å². The van der Waals surface area contributed by atoms with Crippen molar-refractivity contribution in [3.63, 3.8) is 0 Å². The predicted octanol–water partition coefficient (Wildman–Crippen LogP) is 4.06. The summed E-state index contributed by atoms with van der Waals surface area (Å²) in [6.07, 6.45) is 1.19. The third kappa shape index (κ3) is 2.84. The van der Waals surface area contributed by atoms with Crippen molar-refractivity contribution in [2.24, 2.45) is 0 Å². The molecule has 0 N–H and O–H groups in total. The van der Waals surface area contributed by atoms with Crippen LogP contribution in [0.2, 0.25) is 5.02 Å². The molecule has 0 saturated heterocycles. The van der Waals surface area contributed by atoms with Gasteiger partial charge in [-0.3, -0.25) is 0 Å². The van der Waals surface area contributed by atoms with Gasteiger partial charge in [0.05, 0.1) is 10.1 Å². The van der Waals surface area contributed by atoms with E-state index < -0.39 is 20.0 Å². The van der Waals surface area contributed by atoms with E-state index in [1.807, 2.05) is 26.0 Å². The average Bonchev–Trinajstić information content (AvgIpc) is 2.20. The molecule has 0 aliphatic heterocycles. The van der Waals surface area contributed by atoms with Crippen LogP contribution in [0.4, 0.5) is 0 Å². The van der Waals surface area contributed by atoms with Gasteiger partial charge in [0.1, 0.15) is 0 Å². The van der Waals surface area contributed by atoms with Crippen LogP contribution in [0.3, 0.4) is 0 Å². The van der Waals surface area contributed by atoms with Crippen LogP contribution in [-0.4, -0.2) is 19.4 Å². The van der Waals surface area contributed by atoms with E-state index in [0.717, 1.165) is 11.1 Å². The van der Waals surface area contributed by atoms with Gasteiger partial charge in [-0.25, -0.2) is 8.42 Å². The van der Waals surface area contributed by atoms with Gasteiger partial charge in [0.2, 0.25) is 0 Å². The monoisotopic (exact) mass is 308 g/mol. The number of hydrogen-bond acceptors (Lipinski definition) is 2. The van der Waals surface area contributed by atoms with Gasteiger partial charge < -0.3 is 0 Å². The number of aryl methyl sites for hydroxylation is 2. The number of rotatable bonds is 3. The second kappa shape index (κ2) is 5.03. The first-order valence-electron chi connectivity index (χ1n) is 5.58. The van der Waals surface area contributed by atoms with Gasteiger partial charge in [-0.1, -0.05) is 17.7 Å². The summed E-state index contributed by atoms with van der Waals surface area (Å²) < 4.78 is 22.5. The minimum absolute atomic E-state index is 0.509. The summed E-state index contributed by atoms with van der Waals surface area (Å²) in [5.74, 6) is 0. The van der Waals surface area contributed by atoms with Crippen LogP contribution in [0.25, 0.3) is 0 Å². The number of sulfone groups is 1. The molecular weight excluding hydrogens is 291 g/mol. The maximum atomic E-state index is 11.8. The Morgan fingerprint density at radius 3 is 2.06 bits per heavy atom. The van der Waals surface area contributed by atoms with E-state index in [2.05, 4.69) is 0 Å². The highest BCUT2D eigenvalue weighted by atomic mass is 35.5. The minimum Gasteiger partial charge on any atom is -0.229 e. The Kier molecular flexibility index (Phi) is 4.41. The Morgan fingerprint density at radius 2 is 1.61 bits per heavy atom. The number of alkyl halides is 1. The quantitative estimate of drug-likeness (QED) is 0.789. The first-order valence-corrected chi connectivity index (χ1v) is 8.29. The highest BCUT2D eigenvalue weighted by molar-refractivity contribution is 7.92. The van der Waals surface area contributed by atoms with Crippen LogP contribution in [0.1, 0.15) is 35.9 Å². The third-order valence-corrected chi connectivity index (χ3v) is 6.84.